The van der Waals surface area contributed by atoms with Crippen LogP contribution in [0.25, 0.3) is 0 Å². The van der Waals surface area contributed by atoms with Crippen LogP contribution in [0.5, 0.6) is 11.5 Å². The van der Waals surface area contributed by atoms with Crippen molar-refractivity contribution >= 4 is 5.91 Å². The van der Waals surface area contributed by atoms with Crippen molar-refractivity contribution in [2.45, 2.75) is 38.7 Å². The van der Waals surface area contributed by atoms with E-state index in [2.05, 4.69) is 12.2 Å². The second kappa shape index (κ2) is 8.38. The zero-order chi connectivity index (χ0) is 16.8. The van der Waals surface area contributed by atoms with Crippen LogP contribution >= 0.6 is 0 Å². The molecule has 2 aliphatic rings. The maximum atomic E-state index is 12.6. The highest BCUT2D eigenvalue weighted by molar-refractivity contribution is 5.76. The van der Waals surface area contributed by atoms with Crippen LogP contribution in [0.15, 0.2) is 24.3 Å². The third-order valence-corrected chi connectivity index (χ3v) is 4.77. The summed E-state index contributed by atoms with van der Waals surface area (Å²) in [5.41, 5.74) is 0. The normalized spacial score (nSPS) is 22.4. The molecule has 1 fully saturated rings. The summed E-state index contributed by atoms with van der Waals surface area (Å²) in [4.78, 5) is 14.6. The Labute approximate surface area is 144 Å². The highest BCUT2D eigenvalue weighted by atomic mass is 16.6. The van der Waals surface area contributed by atoms with Crippen molar-refractivity contribution in [3.8, 4) is 11.5 Å². The Hall–Kier alpha value is -1.75. The highest BCUT2D eigenvalue weighted by Gasteiger charge is 2.25. The summed E-state index contributed by atoms with van der Waals surface area (Å²) in [6.07, 6.45) is 3.68. The lowest BCUT2D eigenvalue weighted by molar-refractivity contribution is -0.133. The third-order valence-electron chi connectivity index (χ3n) is 4.77. The first-order chi connectivity index (χ1) is 11.8. The van der Waals surface area contributed by atoms with Crippen molar-refractivity contribution in [2.24, 2.45) is 5.92 Å². The minimum Gasteiger partial charge on any atom is -0.486 e. The van der Waals surface area contributed by atoms with Crippen molar-refractivity contribution in [1.82, 2.24) is 10.2 Å². The minimum atomic E-state index is -0.0939. The molecule has 3 rings (SSSR count). The second-order valence-electron chi connectivity index (χ2n) is 6.73. The maximum Gasteiger partial charge on any atom is 0.222 e. The fraction of sp³-hybridized carbons (Fsp3) is 0.632. The van der Waals surface area contributed by atoms with Crippen molar-refractivity contribution in [3.63, 3.8) is 0 Å². The Bertz CT molecular complexity index is 543. The molecule has 1 N–H and O–H groups in total. The molecule has 132 valence electrons. The summed E-state index contributed by atoms with van der Waals surface area (Å²) in [7, 11) is 0. The molecule has 1 aromatic carbocycles. The van der Waals surface area contributed by atoms with E-state index in [1.54, 1.807) is 0 Å². The summed E-state index contributed by atoms with van der Waals surface area (Å²) in [5.74, 6) is 2.45. The first kappa shape index (κ1) is 17.1. The lowest BCUT2D eigenvalue weighted by Crippen LogP contribution is -2.44. The van der Waals surface area contributed by atoms with E-state index in [0.717, 1.165) is 44.0 Å². The zero-order valence-electron chi connectivity index (χ0n) is 14.5. The molecule has 0 spiro atoms. The SMILES string of the molecule is CCCN(CC1COc2ccccc2O1)C(=O)CCC1CCNC1. The number of fused-ring (bicyclic) bond motifs is 1. The van der Waals surface area contributed by atoms with Gasteiger partial charge in [-0.2, -0.15) is 0 Å². The molecule has 1 aromatic rings. The van der Waals surface area contributed by atoms with Crippen molar-refractivity contribution < 1.29 is 14.3 Å². The molecule has 2 heterocycles. The number of hydrogen-bond donors (Lipinski definition) is 1. The minimum absolute atomic E-state index is 0.0939. The van der Waals surface area contributed by atoms with Crippen molar-refractivity contribution in [2.75, 3.05) is 32.8 Å². The molecule has 1 amide bonds. The summed E-state index contributed by atoms with van der Waals surface area (Å²) >= 11 is 0. The Balaban J connectivity index is 1.52. The number of carbonyl (C=O) groups is 1. The number of ether oxygens (including phenoxy) is 2. The van der Waals surface area contributed by atoms with Crippen molar-refractivity contribution in [1.29, 1.82) is 0 Å². The van der Waals surface area contributed by atoms with E-state index in [-0.39, 0.29) is 12.0 Å². The lowest BCUT2D eigenvalue weighted by Gasteiger charge is -2.31. The van der Waals surface area contributed by atoms with Gasteiger partial charge in [0.05, 0.1) is 6.54 Å². The van der Waals surface area contributed by atoms with Crippen LogP contribution in [0.3, 0.4) is 0 Å². The zero-order valence-corrected chi connectivity index (χ0v) is 14.5. The predicted molar refractivity (Wildman–Crippen MR) is 93.4 cm³/mol. The number of nitrogens with one attached hydrogen (secondary N) is 1. The number of hydrogen-bond acceptors (Lipinski definition) is 4. The van der Waals surface area contributed by atoms with Crippen LogP contribution in [0.2, 0.25) is 0 Å². The van der Waals surface area contributed by atoms with Gasteiger partial charge in [-0.3, -0.25) is 4.79 Å². The number of benzene rings is 1. The predicted octanol–water partition coefficient (Wildman–Crippen LogP) is 2.45. The van der Waals surface area contributed by atoms with Gasteiger partial charge in [0.25, 0.3) is 0 Å². The van der Waals surface area contributed by atoms with Crippen LogP contribution in [0.1, 0.15) is 32.6 Å². The Morgan fingerprint density at radius 3 is 2.92 bits per heavy atom. The fourth-order valence-corrected chi connectivity index (χ4v) is 3.43. The van der Waals surface area contributed by atoms with E-state index in [9.17, 15) is 4.79 Å². The fourth-order valence-electron chi connectivity index (χ4n) is 3.43. The van der Waals surface area contributed by atoms with Gasteiger partial charge in [0.2, 0.25) is 5.91 Å². The number of amides is 1. The summed E-state index contributed by atoms with van der Waals surface area (Å²) in [5, 5.41) is 3.36. The Morgan fingerprint density at radius 2 is 2.17 bits per heavy atom. The summed E-state index contributed by atoms with van der Waals surface area (Å²) in [6, 6.07) is 7.71. The van der Waals surface area contributed by atoms with E-state index >= 15 is 0 Å². The number of nitrogens with zero attached hydrogens (tertiary/aromatic N) is 1. The van der Waals surface area contributed by atoms with Crippen LogP contribution in [0.4, 0.5) is 0 Å². The van der Waals surface area contributed by atoms with Gasteiger partial charge in [0.1, 0.15) is 6.61 Å². The molecule has 5 nitrogen and oxygen atoms in total. The van der Waals surface area contributed by atoms with Gasteiger partial charge in [-0.1, -0.05) is 19.1 Å². The standard InChI is InChI=1S/C19H28N2O3/c1-2-11-21(19(22)8-7-15-9-10-20-12-15)13-16-14-23-17-5-3-4-6-18(17)24-16/h3-6,15-16,20H,2,7-14H2,1H3. The lowest BCUT2D eigenvalue weighted by atomic mass is 10.0. The molecule has 24 heavy (non-hydrogen) atoms. The largest absolute Gasteiger partial charge is 0.486 e. The molecular formula is C19H28N2O3. The average molecular weight is 332 g/mol. The number of carbonyl (C=O) groups excluding carboxylic acids is 1. The van der Waals surface area contributed by atoms with Crippen LogP contribution in [-0.4, -0.2) is 49.7 Å². The van der Waals surface area contributed by atoms with Gasteiger partial charge >= 0.3 is 0 Å². The van der Waals surface area contributed by atoms with Crippen LogP contribution < -0.4 is 14.8 Å². The van der Waals surface area contributed by atoms with E-state index in [1.807, 2.05) is 29.2 Å². The molecular weight excluding hydrogens is 304 g/mol. The van der Waals surface area contributed by atoms with Crippen molar-refractivity contribution in [3.05, 3.63) is 24.3 Å². The van der Waals surface area contributed by atoms with E-state index in [1.165, 1.54) is 6.42 Å². The van der Waals surface area contributed by atoms with Gasteiger partial charge in [0, 0.05) is 13.0 Å². The van der Waals surface area contributed by atoms with Crippen LogP contribution in [0, 0.1) is 5.92 Å². The molecule has 2 aliphatic heterocycles. The van der Waals surface area contributed by atoms with Gasteiger partial charge in [-0.15, -0.1) is 0 Å². The molecule has 5 heteroatoms. The molecule has 2 unspecified atom stereocenters. The Morgan fingerprint density at radius 1 is 1.33 bits per heavy atom. The summed E-state index contributed by atoms with van der Waals surface area (Å²) < 4.78 is 11.8. The Kier molecular flexibility index (Phi) is 5.96. The molecule has 1 saturated heterocycles. The van der Waals surface area contributed by atoms with Gasteiger partial charge in [-0.25, -0.2) is 0 Å². The third kappa shape index (κ3) is 4.41. The van der Waals surface area contributed by atoms with Crippen LogP contribution in [-0.2, 0) is 4.79 Å². The molecule has 0 radical (unpaired) electrons. The number of rotatable bonds is 7. The summed E-state index contributed by atoms with van der Waals surface area (Å²) in [6.45, 7) is 6.13. The van der Waals surface area contributed by atoms with Gasteiger partial charge in [-0.05, 0) is 50.4 Å². The van der Waals surface area contributed by atoms with E-state index < -0.39 is 0 Å². The van der Waals surface area contributed by atoms with Gasteiger partial charge in [0.15, 0.2) is 17.6 Å². The first-order valence-corrected chi connectivity index (χ1v) is 9.13. The topological polar surface area (TPSA) is 50.8 Å². The molecule has 0 bridgehead atoms. The average Bonchev–Trinajstić information content (AvgIpc) is 3.13. The quantitative estimate of drug-likeness (QED) is 0.833. The number of para-hydroxylation sites is 2. The molecule has 0 aliphatic carbocycles. The van der Waals surface area contributed by atoms with E-state index in [4.69, 9.17) is 9.47 Å². The van der Waals surface area contributed by atoms with Gasteiger partial charge < -0.3 is 19.7 Å². The first-order valence-electron chi connectivity index (χ1n) is 9.13. The highest BCUT2D eigenvalue weighted by Crippen LogP contribution is 2.31. The molecule has 2 atom stereocenters. The monoisotopic (exact) mass is 332 g/mol. The smallest absolute Gasteiger partial charge is 0.222 e. The van der Waals surface area contributed by atoms with E-state index in [0.29, 0.717) is 25.5 Å². The molecule has 0 saturated carbocycles. The molecule has 0 aromatic heterocycles. The second-order valence-corrected chi connectivity index (χ2v) is 6.73. The maximum absolute atomic E-state index is 12.6.